The Balaban J connectivity index is 1.29. The Labute approximate surface area is 175 Å². The Morgan fingerprint density at radius 1 is 1.33 bits per heavy atom. The van der Waals surface area contributed by atoms with E-state index in [1.807, 2.05) is 35.2 Å². The number of methoxy groups -OCH3 is 1. The van der Waals surface area contributed by atoms with E-state index in [-0.39, 0.29) is 12.1 Å². The number of oxazole rings is 1. The van der Waals surface area contributed by atoms with Crippen molar-refractivity contribution < 1.29 is 18.4 Å². The molecule has 0 aliphatic carbocycles. The number of furan rings is 1. The van der Waals surface area contributed by atoms with Gasteiger partial charge < -0.3 is 29.1 Å². The number of amides is 2. The molecule has 1 aliphatic rings. The fourth-order valence-corrected chi connectivity index (χ4v) is 3.75. The molecule has 1 aliphatic heterocycles. The lowest BCUT2D eigenvalue weighted by molar-refractivity contribution is 0.186. The van der Waals surface area contributed by atoms with Crippen LogP contribution in [-0.4, -0.2) is 42.7 Å². The number of aromatic nitrogens is 1. The molecule has 1 saturated heterocycles. The highest BCUT2D eigenvalue weighted by molar-refractivity contribution is 5.75. The van der Waals surface area contributed by atoms with Gasteiger partial charge in [-0.25, -0.2) is 9.78 Å². The van der Waals surface area contributed by atoms with Gasteiger partial charge in [0.2, 0.25) is 0 Å². The summed E-state index contributed by atoms with van der Waals surface area (Å²) in [6.45, 7) is 3.64. The third-order valence-corrected chi connectivity index (χ3v) is 5.20. The largest absolute Gasteiger partial charge is 0.496 e. The smallest absolute Gasteiger partial charge is 0.318 e. The topological polar surface area (TPSA) is 92.8 Å². The van der Waals surface area contributed by atoms with Gasteiger partial charge in [0, 0.05) is 38.3 Å². The lowest BCUT2D eigenvalue weighted by atomic mass is 10.1. The van der Waals surface area contributed by atoms with Gasteiger partial charge in [0.25, 0.3) is 0 Å². The zero-order valence-corrected chi connectivity index (χ0v) is 17.2. The Morgan fingerprint density at radius 3 is 2.97 bits per heavy atom. The van der Waals surface area contributed by atoms with E-state index in [0.29, 0.717) is 30.5 Å². The Hall–Kier alpha value is -3.42. The maximum atomic E-state index is 12.6. The van der Waals surface area contributed by atoms with Gasteiger partial charge in [-0.05, 0) is 37.1 Å². The average molecular weight is 410 g/mol. The SMILES string of the molecule is COc1cc(NCCNC(=O)N2CCCC2c2ccco2)ccc1-c1cnc(C)o1. The molecule has 1 atom stereocenters. The average Bonchev–Trinajstić information content (AvgIpc) is 3.51. The number of carbonyl (C=O) groups excluding carboxylic acids is 1. The van der Waals surface area contributed by atoms with Crippen LogP contribution in [0.1, 0.15) is 30.5 Å². The Kier molecular flexibility index (Phi) is 5.92. The molecule has 8 heteroatoms. The predicted molar refractivity (Wildman–Crippen MR) is 113 cm³/mol. The van der Waals surface area contributed by atoms with E-state index in [0.717, 1.165) is 36.4 Å². The number of anilines is 1. The van der Waals surface area contributed by atoms with Gasteiger partial charge in [-0.2, -0.15) is 0 Å². The first kappa shape index (κ1) is 19.9. The second-order valence-corrected chi connectivity index (χ2v) is 7.18. The Morgan fingerprint density at radius 2 is 2.23 bits per heavy atom. The first-order valence-electron chi connectivity index (χ1n) is 10.1. The van der Waals surface area contributed by atoms with Crippen molar-refractivity contribution in [3.8, 4) is 17.1 Å². The van der Waals surface area contributed by atoms with Crippen LogP contribution in [-0.2, 0) is 0 Å². The van der Waals surface area contributed by atoms with Crippen molar-refractivity contribution >= 4 is 11.7 Å². The molecule has 30 heavy (non-hydrogen) atoms. The fourth-order valence-electron chi connectivity index (χ4n) is 3.75. The van der Waals surface area contributed by atoms with Crippen molar-refractivity contribution in [2.75, 3.05) is 32.1 Å². The molecule has 1 fully saturated rings. The fraction of sp³-hybridized carbons (Fsp3) is 0.364. The van der Waals surface area contributed by atoms with E-state index in [4.69, 9.17) is 13.6 Å². The molecule has 0 saturated carbocycles. The van der Waals surface area contributed by atoms with Crippen LogP contribution in [0.5, 0.6) is 5.75 Å². The number of ether oxygens (including phenoxy) is 1. The van der Waals surface area contributed by atoms with Gasteiger partial charge in [-0.15, -0.1) is 0 Å². The molecule has 1 unspecified atom stereocenters. The zero-order valence-electron chi connectivity index (χ0n) is 17.2. The van der Waals surface area contributed by atoms with Crippen LogP contribution in [0, 0.1) is 6.92 Å². The lowest BCUT2D eigenvalue weighted by Gasteiger charge is -2.23. The number of nitrogens with one attached hydrogen (secondary N) is 2. The molecule has 2 aromatic heterocycles. The first-order chi connectivity index (χ1) is 14.7. The number of rotatable bonds is 7. The van der Waals surface area contributed by atoms with Gasteiger partial charge in [-0.1, -0.05) is 0 Å². The van der Waals surface area contributed by atoms with Crippen molar-refractivity contribution in [3.05, 3.63) is 54.4 Å². The minimum atomic E-state index is -0.0654. The van der Waals surface area contributed by atoms with Crippen molar-refractivity contribution in [2.24, 2.45) is 0 Å². The summed E-state index contributed by atoms with van der Waals surface area (Å²) in [5.74, 6) is 2.81. The van der Waals surface area contributed by atoms with Gasteiger partial charge >= 0.3 is 6.03 Å². The van der Waals surface area contributed by atoms with E-state index in [9.17, 15) is 4.79 Å². The second-order valence-electron chi connectivity index (χ2n) is 7.18. The summed E-state index contributed by atoms with van der Waals surface area (Å²) >= 11 is 0. The van der Waals surface area contributed by atoms with Gasteiger partial charge in [-0.3, -0.25) is 0 Å². The number of carbonyl (C=O) groups is 1. The van der Waals surface area contributed by atoms with Crippen LogP contribution in [0.15, 0.2) is 51.6 Å². The second kappa shape index (κ2) is 8.94. The summed E-state index contributed by atoms with van der Waals surface area (Å²) in [7, 11) is 1.62. The maximum Gasteiger partial charge on any atom is 0.318 e. The molecule has 2 N–H and O–H groups in total. The predicted octanol–water partition coefficient (Wildman–Crippen LogP) is 4.21. The molecule has 0 bridgehead atoms. The minimum Gasteiger partial charge on any atom is -0.496 e. The minimum absolute atomic E-state index is 0.0180. The molecular weight excluding hydrogens is 384 g/mol. The van der Waals surface area contributed by atoms with Gasteiger partial charge in [0.1, 0.15) is 11.5 Å². The van der Waals surface area contributed by atoms with Crippen molar-refractivity contribution in [1.82, 2.24) is 15.2 Å². The molecule has 1 aromatic carbocycles. The molecule has 3 heterocycles. The number of benzene rings is 1. The van der Waals surface area contributed by atoms with Crippen LogP contribution in [0.25, 0.3) is 11.3 Å². The number of hydrogen-bond acceptors (Lipinski definition) is 6. The highest BCUT2D eigenvalue weighted by atomic mass is 16.5. The quantitative estimate of drug-likeness (QED) is 0.567. The number of likely N-dealkylation sites (tertiary alicyclic amines) is 1. The summed E-state index contributed by atoms with van der Waals surface area (Å²) in [5, 5.41) is 6.29. The monoisotopic (exact) mass is 410 g/mol. The van der Waals surface area contributed by atoms with Crippen molar-refractivity contribution in [3.63, 3.8) is 0 Å². The number of hydrogen-bond donors (Lipinski definition) is 2. The summed E-state index contributed by atoms with van der Waals surface area (Å²) in [5.41, 5.74) is 1.74. The van der Waals surface area contributed by atoms with E-state index >= 15 is 0 Å². The van der Waals surface area contributed by atoms with Gasteiger partial charge in [0.15, 0.2) is 11.7 Å². The zero-order chi connectivity index (χ0) is 20.9. The van der Waals surface area contributed by atoms with E-state index in [1.165, 1.54) is 0 Å². The Bertz CT molecular complexity index is 983. The van der Waals surface area contributed by atoms with Crippen LogP contribution in [0.4, 0.5) is 10.5 Å². The molecule has 8 nitrogen and oxygen atoms in total. The number of nitrogens with zero attached hydrogens (tertiary/aromatic N) is 2. The van der Waals surface area contributed by atoms with Crippen LogP contribution in [0.3, 0.4) is 0 Å². The summed E-state index contributed by atoms with van der Waals surface area (Å²) < 4.78 is 16.6. The standard InChI is InChI=1S/C22H26N4O4/c1-15-25-14-21(30-15)17-8-7-16(13-20(17)28-2)23-9-10-24-22(27)26-11-3-5-18(26)19-6-4-12-29-19/h4,6-8,12-14,18,23H,3,5,9-11H2,1-2H3,(H,24,27). The van der Waals surface area contributed by atoms with Crippen LogP contribution < -0.4 is 15.4 Å². The summed E-state index contributed by atoms with van der Waals surface area (Å²) in [6, 6.07) is 9.52. The highest BCUT2D eigenvalue weighted by Crippen LogP contribution is 2.33. The molecule has 0 radical (unpaired) electrons. The third-order valence-electron chi connectivity index (χ3n) is 5.20. The number of aryl methyl sites for hydroxylation is 1. The summed E-state index contributed by atoms with van der Waals surface area (Å²) in [4.78, 5) is 18.6. The molecule has 3 aromatic rings. The molecule has 4 rings (SSSR count). The van der Waals surface area contributed by atoms with Crippen molar-refractivity contribution in [2.45, 2.75) is 25.8 Å². The number of urea groups is 1. The molecular formula is C22H26N4O4. The van der Waals surface area contributed by atoms with Crippen molar-refractivity contribution in [1.29, 1.82) is 0 Å². The van der Waals surface area contributed by atoms with Gasteiger partial charge in [0.05, 0.1) is 31.2 Å². The lowest BCUT2D eigenvalue weighted by Crippen LogP contribution is -2.41. The van der Waals surface area contributed by atoms with E-state index in [1.54, 1.807) is 26.5 Å². The summed E-state index contributed by atoms with van der Waals surface area (Å²) in [6.07, 6.45) is 5.24. The first-order valence-corrected chi connectivity index (χ1v) is 10.1. The third kappa shape index (κ3) is 4.27. The highest BCUT2D eigenvalue weighted by Gasteiger charge is 2.31. The maximum absolute atomic E-state index is 12.6. The van der Waals surface area contributed by atoms with E-state index < -0.39 is 0 Å². The molecule has 2 amide bonds. The van der Waals surface area contributed by atoms with Crippen LogP contribution >= 0.6 is 0 Å². The molecule has 0 spiro atoms. The van der Waals surface area contributed by atoms with E-state index in [2.05, 4.69) is 15.6 Å². The molecule has 158 valence electrons. The normalized spacial score (nSPS) is 15.9. The van der Waals surface area contributed by atoms with Crippen LogP contribution in [0.2, 0.25) is 0 Å².